The number of carbonyl (C=O) groups excluding carboxylic acids is 2. The molecule has 0 radical (unpaired) electrons. The lowest BCUT2D eigenvalue weighted by atomic mass is 10.1. The summed E-state index contributed by atoms with van der Waals surface area (Å²) in [6, 6.07) is 10.9. The summed E-state index contributed by atoms with van der Waals surface area (Å²) in [6.45, 7) is 4.77. The van der Waals surface area contributed by atoms with E-state index < -0.39 is 4.92 Å². The maximum atomic E-state index is 12.4. The highest BCUT2D eigenvalue weighted by Gasteiger charge is 2.20. The number of nitrogens with zero attached hydrogens (tertiary/aromatic N) is 2. The number of ketones is 1. The third-order valence-electron chi connectivity index (χ3n) is 4.57. The fourth-order valence-corrected chi connectivity index (χ4v) is 2.96. The predicted octanol–water partition coefficient (Wildman–Crippen LogP) is 3.67. The smallest absolute Gasteiger partial charge is 0.311 e. The van der Waals surface area contributed by atoms with Crippen LogP contribution in [0.3, 0.4) is 0 Å². The SMILES string of the molecule is CCCN(CC)C(=O)Cc1ccc(OCC(=O)c2ccc(OC)cc2)c([N+](=O)[O-])c1. The van der Waals surface area contributed by atoms with E-state index in [0.717, 1.165) is 6.42 Å². The van der Waals surface area contributed by atoms with Gasteiger partial charge in [-0.15, -0.1) is 0 Å². The number of nitro benzene ring substituents is 1. The van der Waals surface area contributed by atoms with Gasteiger partial charge in [-0.25, -0.2) is 0 Å². The Hall–Kier alpha value is -3.42. The topological polar surface area (TPSA) is 99.0 Å². The second-order valence-corrected chi connectivity index (χ2v) is 6.65. The van der Waals surface area contributed by atoms with Crippen molar-refractivity contribution in [2.45, 2.75) is 26.7 Å². The number of likely N-dealkylation sites (N-methyl/N-ethyl adjacent to an activating group) is 1. The van der Waals surface area contributed by atoms with Gasteiger partial charge in [0.25, 0.3) is 0 Å². The number of nitro groups is 1. The Labute approximate surface area is 175 Å². The first kappa shape index (κ1) is 22.9. The van der Waals surface area contributed by atoms with Gasteiger partial charge in [0.1, 0.15) is 5.75 Å². The molecule has 0 N–H and O–H groups in total. The van der Waals surface area contributed by atoms with Crippen LogP contribution in [0.5, 0.6) is 11.5 Å². The number of amides is 1. The van der Waals surface area contributed by atoms with E-state index in [4.69, 9.17) is 9.47 Å². The molecule has 0 heterocycles. The van der Waals surface area contributed by atoms with Crippen molar-refractivity contribution in [3.63, 3.8) is 0 Å². The Kier molecular flexibility index (Phi) is 8.34. The van der Waals surface area contributed by atoms with Gasteiger partial charge in [-0.05, 0) is 49.2 Å². The van der Waals surface area contributed by atoms with Gasteiger partial charge in [0, 0.05) is 24.7 Å². The minimum Gasteiger partial charge on any atom is -0.497 e. The van der Waals surface area contributed by atoms with Crippen LogP contribution < -0.4 is 9.47 Å². The van der Waals surface area contributed by atoms with Crippen LogP contribution in [-0.2, 0) is 11.2 Å². The van der Waals surface area contributed by atoms with Crippen molar-refractivity contribution in [1.29, 1.82) is 0 Å². The van der Waals surface area contributed by atoms with Gasteiger partial charge < -0.3 is 14.4 Å². The number of Topliss-reactive ketones (excluding diaryl/α,β-unsaturated/α-hetero) is 1. The number of ether oxygens (including phenoxy) is 2. The lowest BCUT2D eigenvalue weighted by molar-refractivity contribution is -0.385. The molecule has 0 unspecified atom stereocenters. The van der Waals surface area contributed by atoms with Crippen LogP contribution in [0.4, 0.5) is 5.69 Å². The molecule has 0 saturated heterocycles. The number of benzene rings is 2. The molecule has 0 aliphatic heterocycles. The Morgan fingerprint density at radius 2 is 1.80 bits per heavy atom. The summed E-state index contributed by atoms with van der Waals surface area (Å²) in [7, 11) is 1.53. The Morgan fingerprint density at radius 3 is 2.37 bits per heavy atom. The van der Waals surface area contributed by atoms with Crippen LogP contribution in [-0.4, -0.2) is 48.3 Å². The van der Waals surface area contributed by atoms with Crippen LogP contribution in [0.1, 0.15) is 36.2 Å². The molecule has 0 bridgehead atoms. The molecular weight excluding hydrogens is 388 g/mol. The Balaban J connectivity index is 2.10. The van der Waals surface area contributed by atoms with Gasteiger partial charge in [-0.1, -0.05) is 13.0 Å². The zero-order valence-electron chi connectivity index (χ0n) is 17.4. The van der Waals surface area contributed by atoms with Crippen molar-refractivity contribution in [2.75, 3.05) is 26.8 Å². The van der Waals surface area contributed by atoms with E-state index in [0.29, 0.717) is 30.0 Å². The molecule has 0 fully saturated rings. The number of rotatable bonds is 11. The molecule has 1 amide bonds. The van der Waals surface area contributed by atoms with E-state index in [2.05, 4.69) is 0 Å². The van der Waals surface area contributed by atoms with Gasteiger partial charge in [0.15, 0.2) is 18.1 Å². The summed E-state index contributed by atoms with van der Waals surface area (Å²) in [5.41, 5.74) is 0.660. The molecule has 0 aliphatic rings. The molecule has 0 aromatic heterocycles. The van der Waals surface area contributed by atoms with E-state index in [-0.39, 0.29) is 36.2 Å². The molecule has 2 aromatic rings. The minimum atomic E-state index is -0.579. The zero-order valence-corrected chi connectivity index (χ0v) is 17.4. The van der Waals surface area contributed by atoms with Crippen LogP contribution in [0.15, 0.2) is 42.5 Å². The summed E-state index contributed by atoms with van der Waals surface area (Å²) >= 11 is 0. The lowest BCUT2D eigenvalue weighted by Gasteiger charge is -2.20. The molecule has 2 rings (SSSR count). The van der Waals surface area contributed by atoms with Crippen molar-refractivity contribution in [3.05, 3.63) is 63.7 Å². The van der Waals surface area contributed by atoms with E-state index in [1.165, 1.54) is 19.2 Å². The number of hydrogen-bond acceptors (Lipinski definition) is 6. The summed E-state index contributed by atoms with van der Waals surface area (Å²) in [6.07, 6.45) is 0.911. The monoisotopic (exact) mass is 414 g/mol. The molecule has 8 heteroatoms. The molecular formula is C22H26N2O6. The summed E-state index contributed by atoms with van der Waals surface area (Å²) in [5, 5.41) is 11.5. The normalized spacial score (nSPS) is 10.4. The van der Waals surface area contributed by atoms with E-state index >= 15 is 0 Å². The average Bonchev–Trinajstić information content (AvgIpc) is 2.76. The standard InChI is InChI=1S/C22H26N2O6/c1-4-12-23(5-2)22(26)14-16-6-11-21(19(13-16)24(27)28)30-15-20(25)17-7-9-18(29-3)10-8-17/h6-11,13H,4-5,12,14-15H2,1-3H3. The third-order valence-corrected chi connectivity index (χ3v) is 4.57. The summed E-state index contributed by atoms with van der Waals surface area (Å²) in [5.74, 6) is 0.203. The van der Waals surface area contributed by atoms with E-state index in [1.807, 2.05) is 13.8 Å². The number of carbonyl (C=O) groups is 2. The Bertz CT molecular complexity index is 895. The van der Waals surface area contributed by atoms with Crippen LogP contribution in [0.25, 0.3) is 0 Å². The van der Waals surface area contributed by atoms with Crippen molar-refractivity contribution in [1.82, 2.24) is 4.90 Å². The second kappa shape index (κ2) is 10.9. The first-order valence-electron chi connectivity index (χ1n) is 9.74. The quantitative estimate of drug-likeness (QED) is 0.316. The molecule has 30 heavy (non-hydrogen) atoms. The molecule has 0 saturated carbocycles. The van der Waals surface area contributed by atoms with Crippen molar-refractivity contribution >= 4 is 17.4 Å². The number of hydrogen-bond donors (Lipinski definition) is 0. The third kappa shape index (κ3) is 6.04. The molecule has 0 aliphatic carbocycles. The van der Waals surface area contributed by atoms with Crippen LogP contribution in [0, 0.1) is 10.1 Å². The maximum Gasteiger partial charge on any atom is 0.311 e. The fraction of sp³-hybridized carbons (Fsp3) is 0.364. The van der Waals surface area contributed by atoms with Gasteiger partial charge >= 0.3 is 5.69 Å². The van der Waals surface area contributed by atoms with Crippen molar-refractivity contribution < 1.29 is 24.0 Å². The lowest BCUT2D eigenvalue weighted by Crippen LogP contribution is -2.32. The average molecular weight is 414 g/mol. The first-order chi connectivity index (χ1) is 14.4. The van der Waals surface area contributed by atoms with Crippen LogP contribution in [0.2, 0.25) is 0 Å². The maximum absolute atomic E-state index is 12.4. The number of methoxy groups -OCH3 is 1. The highest BCUT2D eigenvalue weighted by molar-refractivity contribution is 5.97. The zero-order chi connectivity index (χ0) is 22.1. The van der Waals surface area contributed by atoms with Gasteiger partial charge in [-0.2, -0.15) is 0 Å². The highest BCUT2D eigenvalue weighted by atomic mass is 16.6. The highest BCUT2D eigenvalue weighted by Crippen LogP contribution is 2.28. The summed E-state index contributed by atoms with van der Waals surface area (Å²) < 4.78 is 10.5. The predicted molar refractivity (Wildman–Crippen MR) is 112 cm³/mol. The summed E-state index contributed by atoms with van der Waals surface area (Å²) in [4.78, 5) is 37.3. The van der Waals surface area contributed by atoms with E-state index in [9.17, 15) is 19.7 Å². The van der Waals surface area contributed by atoms with Gasteiger partial charge in [-0.3, -0.25) is 19.7 Å². The van der Waals surface area contributed by atoms with Gasteiger partial charge in [0.2, 0.25) is 5.91 Å². The van der Waals surface area contributed by atoms with Gasteiger partial charge in [0.05, 0.1) is 18.5 Å². The molecule has 160 valence electrons. The Morgan fingerprint density at radius 1 is 1.10 bits per heavy atom. The van der Waals surface area contributed by atoms with Crippen LogP contribution >= 0.6 is 0 Å². The molecule has 0 atom stereocenters. The largest absolute Gasteiger partial charge is 0.497 e. The fourth-order valence-electron chi connectivity index (χ4n) is 2.96. The van der Waals surface area contributed by atoms with E-state index in [1.54, 1.807) is 35.2 Å². The minimum absolute atomic E-state index is 0.0148. The first-order valence-corrected chi connectivity index (χ1v) is 9.74. The molecule has 8 nitrogen and oxygen atoms in total. The second-order valence-electron chi connectivity index (χ2n) is 6.65. The van der Waals surface area contributed by atoms with Crippen molar-refractivity contribution in [2.24, 2.45) is 0 Å². The molecule has 0 spiro atoms. The van der Waals surface area contributed by atoms with Crippen molar-refractivity contribution in [3.8, 4) is 11.5 Å². The molecule has 2 aromatic carbocycles.